The lowest BCUT2D eigenvalue weighted by Gasteiger charge is -2.11. The molecule has 0 bridgehead atoms. The average Bonchev–Trinajstić information content (AvgIpc) is 2.64. The molecule has 0 aromatic heterocycles. The summed E-state index contributed by atoms with van der Waals surface area (Å²) in [6, 6.07) is 15.2. The van der Waals surface area contributed by atoms with E-state index in [1.54, 1.807) is 0 Å². The van der Waals surface area contributed by atoms with Crippen LogP contribution in [-0.4, -0.2) is 24.9 Å². The Labute approximate surface area is 160 Å². The van der Waals surface area contributed by atoms with Gasteiger partial charge in [-0.05, 0) is 86.9 Å². The summed E-state index contributed by atoms with van der Waals surface area (Å²) in [4.78, 5) is 0. The summed E-state index contributed by atoms with van der Waals surface area (Å²) in [5.41, 5.74) is 7.34. The minimum absolute atomic E-state index is 0.632. The van der Waals surface area contributed by atoms with Crippen LogP contribution >= 0.6 is 12.2 Å². The zero-order valence-electron chi connectivity index (χ0n) is 15.2. The van der Waals surface area contributed by atoms with Crippen LogP contribution in [0.1, 0.15) is 26.2 Å². The van der Waals surface area contributed by atoms with Gasteiger partial charge in [-0.25, -0.2) is 0 Å². The molecule has 0 aliphatic rings. The van der Waals surface area contributed by atoms with Crippen LogP contribution in [0.5, 0.6) is 11.5 Å². The summed E-state index contributed by atoms with van der Waals surface area (Å²) < 4.78 is 11.1. The number of unbranched alkanes of at least 4 members (excludes halogenated alkanes) is 2. The molecule has 0 saturated carbocycles. The van der Waals surface area contributed by atoms with E-state index >= 15 is 0 Å². The van der Waals surface area contributed by atoms with Crippen molar-refractivity contribution in [2.45, 2.75) is 26.2 Å². The van der Waals surface area contributed by atoms with Crippen LogP contribution in [0.3, 0.4) is 0 Å². The molecule has 0 unspecified atom stereocenters. The van der Waals surface area contributed by atoms with E-state index in [0.29, 0.717) is 18.3 Å². The van der Waals surface area contributed by atoms with Gasteiger partial charge in [0.1, 0.15) is 11.5 Å². The highest BCUT2D eigenvalue weighted by Gasteiger charge is 1.99. The van der Waals surface area contributed by atoms with Gasteiger partial charge in [0.2, 0.25) is 0 Å². The molecular formula is C20H27N3O2S. The average molecular weight is 374 g/mol. The van der Waals surface area contributed by atoms with Gasteiger partial charge in [0.25, 0.3) is 0 Å². The van der Waals surface area contributed by atoms with Crippen molar-refractivity contribution in [3.8, 4) is 11.5 Å². The van der Waals surface area contributed by atoms with Crippen LogP contribution < -0.4 is 25.8 Å². The van der Waals surface area contributed by atoms with Gasteiger partial charge in [0.15, 0.2) is 5.11 Å². The van der Waals surface area contributed by atoms with Crippen molar-refractivity contribution >= 4 is 28.7 Å². The second-order valence-corrected chi connectivity index (χ2v) is 6.22. The van der Waals surface area contributed by atoms with Gasteiger partial charge in [0, 0.05) is 17.9 Å². The third kappa shape index (κ3) is 7.61. The fourth-order valence-electron chi connectivity index (χ4n) is 2.34. The molecule has 0 radical (unpaired) electrons. The molecule has 0 heterocycles. The van der Waals surface area contributed by atoms with Crippen LogP contribution in [0.25, 0.3) is 0 Å². The number of nitrogen functional groups attached to an aromatic ring is 1. The van der Waals surface area contributed by atoms with Gasteiger partial charge in [0.05, 0.1) is 13.2 Å². The number of thiocarbonyl (C=S) groups is 1. The molecule has 0 atom stereocenters. The monoisotopic (exact) mass is 373 g/mol. The van der Waals surface area contributed by atoms with E-state index in [1.807, 2.05) is 55.5 Å². The third-order valence-corrected chi connectivity index (χ3v) is 3.93. The lowest BCUT2D eigenvalue weighted by Crippen LogP contribution is -2.29. The second-order valence-electron chi connectivity index (χ2n) is 5.82. The van der Waals surface area contributed by atoms with Gasteiger partial charge in [-0.15, -0.1) is 0 Å². The van der Waals surface area contributed by atoms with E-state index in [2.05, 4.69) is 10.6 Å². The number of ether oxygens (including phenoxy) is 2. The van der Waals surface area contributed by atoms with E-state index in [-0.39, 0.29) is 0 Å². The molecule has 0 aliphatic carbocycles. The Morgan fingerprint density at radius 2 is 1.58 bits per heavy atom. The predicted molar refractivity (Wildman–Crippen MR) is 112 cm³/mol. The molecule has 0 fully saturated rings. The highest BCUT2D eigenvalue weighted by Crippen LogP contribution is 2.15. The number of hydrogen-bond acceptors (Lipinski definition) is 4. The zero-order valence-corrected chi connectivity index (χ0v) is 16.0. The number of rotatable bonds is 10. The van der Waals surface area contributed by atoms with Gasteiger partial charge in [-0.2, -0.15) is 0 Å². The Morgan fingerprint density at radius 3 is 2.27 bits per heavy atom. The number of hydrogen-bond donors (Lipinski definition) is 3. The molecule has 26 heavy (non-hydrogen) atoms. The molecule has 0 spiro atoms. The standard InChI is InChI=1S/C20H27N3O2S/c1-2-24-18-12-8-17(9-13-18)23-20(26)22-14-4-3-5-15-25-19-10-6-16(21)7-11-19/h6-13H,2-5,14-15,21H2,1H3,(H2,22,23,26). The highest BCUT2D eigenvalue weighted by atomic mass is 32.1. The minimum atomic E-state index is 0.632. The zero-order chi connectivity index (χ0) is 18.6. The molecule has 0 saturated heterocycles. The Kier molecular flexibility index (Phi) is 8.55. The molecule has 2 aromatic rings. The highest BCUT2D eigenvalue weighted by molar-refractivity contribution is 7.80. The van der Waals surface area contributed by atoms with Crippen molar-refractivity contribution in [3.63, 3.8) is 0 Å². The van der Waals surface area contributed by atoms with E-state index in [9.17, 15) is 0 Å². The molecule has 2 aromatic carbocycles. The van der Waals surface area contributed by atoms with Crippen molar-refractivity contribution in [1.82, 2.24) is 5.32 Å². The third-order valence-electron chi connectivity index (χ3n) is 3.68. The molecule has 0 aliphatic heterocycles. The summed E-state index contributed by atoms with van der Waals surface area (Å²) >= 11 is 5.31. The van der Waals surface area contributed by atoms with E-state index < -0.39 is 0 Å². The van der Waals surface area contributed by atoms with Crippen molar-refractivity contribution < 1.29 is 9.47 Å². The summed E-state index contributed by atoms with van der Waals surface area (Å²) in [6.07, 6.45) is 3.12. The van der Waals surface area contributed by atoms with Crippen molar-refractivity contribution in [2.24, 2.45) is 0 Å². The van der Waals surface area contributed by atoms with Crippen LogP contribution in [-0.2, 0) is 0 Å². The minimum Gasteiger partial charge on any atom is -0.494 e. The first-order valence-electron chi connectivity index (χ1n) is 8.93. The quantitative estimate of drug-likeness (QED) is 0.329. The summed E-state index contributed by atoms with van der Waals surface area (Å²) in [5.74, 6) is 1.72. The van der Waals surface area contributed by atoms with Crippen molar-refractivity contribution in [1.29, 1.82) is 0 Å². The largest absolute Gasteiger partial charge is 0.494 e. The Hall–Kier alpha value is -2.47. The van der Waals surface area contributed by atoms with Crippen LogP contribution in [0.15, 0.2) is 48.5 Å². The molecule has 0 amide bonds. The molecule has 4 N–H and O–H groups in total. The molecule has 6 heteroatoms. The van der Waals surface area contributed by atoms with Gasteiger partial charge in [-0.1, -0.05) is 0 Å². The lowest BCUT2D eigenvalue weighted by atomic mass is 10.2. The van der Waals surface area contributed by atoms with E-state index in [0.717, 1.165) is 48.7 Å². The summed E-state index contributed by atoms with van der Waals surface area (Å²) in [5, 5.41) is 7.02. The number of nitrogens with one attached hydrogen (secondary N) is 2. The SMILES string of the molecule is CCOc1ccc(NC(=S)NCCCCCOc2ccc(N)cc2)cc1. The first-order valence-corrected chi connectivity index (χ1v) is 9.34. The van der Waals surface area contributed by atoms with Gasteiger partial charge < -0.3 is 25.8 Å². The second kappa shape index (κ2) is 11.2. The normalized spacial score (nSPS) is 10.2. The predicted octanol–water partition coefficient (Wildman–Crippen LogP) is 4.20. The van der Waals surface area contributed by atoms with Gasteiger partial charge >= 0.3 is 0 Å². The summed E-state index contributed by atoms with van der Waals surface area (Å²) in [6.45, 7) is 4.18. The molecule has 2 rings (SSSR count). The Balaban J connectivity index is 1.52. The van der Waals surface area contributed by atoms with Crippen molar-refractivity contribution in [3.05, 3.63) is 48.5 Å². The maximum absolute atomic E-state index is 5.67. The van der Waals surface area contributed by atoms with Crippen molar-refractivity contribution in [2.75, 3.05) is 30.8 Å². The number of nitrogens with two attached hydrogens (primary N) is 1. The fourth-order valence-corrected chi connectivity index (χ4v) is 2.56. The smallest absolute Gasteiger partial charge is 0.170 e. The fraction of sp³-hybridized carbons (Fsp3) is 0.350. The van der Waals surface area contributed by atoms with E-state index in [4.69, 9.17) is 27.4 Å². The van der Waals surface area contributed by atoms with Crippen LogP contribution in [0.2, 0.25) is 0 Å². The number of benzene rings is 2. The number of anilines is 2. The topological polar surface area (TPSA) is 68.5 Å². The van der Waals surface area contributed by atoms with Crippen LogP contribution in [0.4, 0.5) is 11.4 Å². The first-order chi connectivity index (χ1) is 12.7. The lowest BCUT2D eigenvalue weighted by molar-refractivity contribution is 0.305. The molecular weight excluding hydrogens is 346 g/mol. The Bertz CT molecular complexity index is 660. The molecule has 140 valence electrons. The maximum atomic E-state index is 5.67. The Morgan fingerprint density at radius 1 is 0.923 bits per heavy atom. The van der Waals surface area contributed by atoms with Crippen LogP contribution in [0, 0.1) is 0 Å². The van der Waals surface area contributed by atoms with E-state index in [1.165, 1.54) is 0 Å². The van der Waals surface area contributed by atoms with Gasteiger partial charge in [-0.3, -0.25) is 0 Å². The molecule has 5 nitrogen and oxygen atoms in total. The first kappa shape index (κ1) is 19.8. The summed E-state index contributed by atoms with van der Waals surface area (Å²) in [7, 11) is 0. The maximum Gasteiger partial charge on any atom is 0.170 e.